The van der Waals surface area contributed by atoms with E-state index >= 15 is 0 Å². The molecule has 1 aromatic carbocycles. The van der Waals surface area contributed by atoms with Crippen molar-refractivity contribution < 1.29 is 18.4 Å². The van der Waals surface area contributed by atoms with E-state index < -0.39 is 17.4 Å². The van der Waals surface area contributed by atoms with Gasteiger partial charge >= 0.3 is 0 Å². The van der Waals surface area contributed by atoms with Gasteiger partial charge in [-0.05, 0) is 61.7 Å². The number of carbonyl (C=O) groups excluding carboxylic acids is 2. The summed E-state index contributed by atoms with van der Waals surface area (Å²) in [5.74, 6) is -1.71. The lowest BCUT2D eigenvalue weighted by Gasteiger charge is -2.31. The largest absolute Gasteiger partial charge is 0.325 e. The molecule has 0 radical (unpaired) electrons. The number of hydrogen-bond acceptors (Lipinski definition) is 6. The second kappa shape index (κ2) is 9.91. The molecule has 170 valence electrons. The smallest absolute Gasteiger partial charge is 0.221 e. The zero-order chi connectivity index (χ0) is 23.4. The predicted octanol–water partition coefficient (Wildman–Crippen LogP) is 3.72. The molecule has 33 heavy (non-hydrogen) atoms. The molecule has 1 amide bonds. The highest BCUT2D eigenvalue weighted by atomic mass is 19.2. The van der Waals surface area contributed by atoms with Crippen LogP contribution in [0.1, 0.15) is 53.0 Å². The van der Waals surface area contributed by atoms with Crippen LogP contribution in [0.2, 0.25) is 0 Å². The molecular weight excluding hydrogens is 428 g/mol. The molecule has 1 aliphatic heterocycles. The summed E-state index contributed by atoms with van der Waals surface area (Å²) in [5, 5.41) is 2.77. The van der Waals surface area contributed by atoms with Crippen LogP contribution in [0.15, 0.2) is 49.1 Å². The molecule has 1 fully saturated rings. The van der Waals surface area contributed by atoms with Gasteiger partial charge in [-0.2, -0.15) is 0 Å². The van der Waals surface area contributed by atoms with Crippen LogP contribution in [0.4, 0.5) is 14.5 Å². The first-order valence-corrected chi connectivity index (χ1v) is 10.6. The second-order valence-corrected chi connectivity index (χ2v) is 8.08. The Balaban J connectivity index is 1.33. The van der Waals surface area contributed by atoms with Crippen molar-refractivity contribution >= 4 is 17.4 Å². The standard InChI is InChI=1S/C24H23F2N5O2/c1-15(32)30-20-8-18(10-27-13-20)16-4-6-31(7-5-16)14-23-28-11-19(12-29-23)24(33)17-2-3-21(25)22(26)9-17/h2-3,8-13,16H,4-7,14H2,1H3,(H,30,32). The third-order valence-corrected chi connectivity index (χ3v) is 5.65. The number of piperidine rings is 1. The summed E-state index contributed by atoms with van der Waals surface area (Å²) in [6.07, 6.45) is 8.20. The van der Waals surface area contributed by atoms with Gasteiger partial charge in [0.05, 0.1) is 24.0 Å². The average Bonchev–Trinajstić information content (AvgIpc) is 2.81. The summed E-state index contributed by atoms with van der Waals surface area (Å²) < 4.78 is 26.5. The number of aromatic nitrogens is 3. The van der Waals surface area contributed by atoms with E-state index in [9.17, 15) is 18.4 Å². The molecule has 1 N–H and O–H groups in total. The SMILES string of the molecule is CC(=O)Nc1cncc(C2CCN(Cc3ncc(C(=O)c4ccc(F)c(F)c4)cn3)CC2)c1. The molecule has 4 rings (SSSR count). The Morgan fingerprint density at radius 1 is 1.00 bits per heavy atom. The van der Waals surface area contributed by atoms with Crippen molar-refractivity contribution in [1.29, 1.82) is 0 Å². The number of rotatable bonds is 6. The fourth-order valence-corrected chi connectivity index (χ4v) is 3.93. The zero-order valence-electron chi connectivity index (χ0n) is 18.1. The van der Waals surface area contributed by atoms with Crippen molar-refractivity contribution in [3.8, 4) is 0 Å². The number of nitrogens with zero attached hydrogens (tertiary/aromatic N) is 4. The van der Waals surface area contributed by atoms with E-state index in [0.29, 0.717) is 24.0 Å². The number of halogens is 2. The van der Waals surface area contributed by atoms with Gasteiger partial charge in [0, 0.05) is 31.1 Å². The molecule has 9 heteroatoms. The topological polar surface area (TPSA) is 88.1 Å². The molecule has 1 saturated heterocycles. The van der Waals surface area contributed by atoms with Gasteiger partial charge in [-0.3, -0.25) is 19.5 Å². The Morgan fingerprint density at radius 2 is 1.73 bits per heavy atom. The van der Waals surface area contributed by atoms with Crippen molar-refractivity contribution in [2.75, 3.05) is 18.4 Å². The second-order valence-electron chi connectivity index (χ2n) is 8.08. The molecule has 3 heterocycles. The minimum Gasteiger partial charge on any atom is -0.325 e. The van der Waals surface area contributed by atoms with Crippen LogP contribution < -0.4 is 5.32 Å². The Bertz CT molecular complexity index is 1160. The van der Waals surface area contributed by atoms with E-state index in [1.165, 1.54) is 25.4 Å². The van der Waals surface area contributed by atoms with E-state index in [2.05, 4.69) is 25.2 Å². The number of amides is 1. The lowest BCUT2D eigenvalue weighted by Crippen LogP contribution is -2.33. The van der Waals surface area contributed by atoms with Gasteiger partial charge in [-0.1, -0.05) is 0 Å². The van der Waals surface area contributed by atoms with Crippen LogP contribution >= 0.6 is 0 Å². The minimum absolute atomic E-state index is 0.0457. The van der Waals surface area contributed by atoms with Gasteiger partial charge in [0.1, 0.15) is 5.82 Å². The van der Waals surface area contributed by atoms with Crippen LogP contribution in [-0.4, -0.2) is 44.6 Å². The van der Waals surface area contributed by atoms with Gasteiger partial charge in [0.2, 0.25) is 5.91 Å². The molecule has 0 saturated carbocycles. The average molecular weight is 451 g/mol. The third kappa shape index (κ3) is 5.61. The fourth-order valence-electron chi connectivity index (χ4n) is 3.93. The molecular formula is C24H23F2N5O2. The molecule has 3 aromatic rings. The van der Waals surface area contributed by atoms with E-state index in [1.807, 2.05) is 12.3 Å². The number of nitrogens with one attached hydrogen (secondary N) is 1. The third-order valence-electron chi connectivity index (χ3n) is 5.65. The van der Waals surface area contributed by atoms with Gasteiger partial charge in [-0.15, -0.1) is 0 Å². The lowest BCUT2D eigenvalue weighted by atomic mass is 9.90. The Hall–Kier alpha value is -3.59. The van der Waals surface area contributed by atoms with Crippen molar-refractivity contribution in [3.05, 3.63) is 83.2 Å². The van der Waals surface area contributed by atoms with Gasteiger partial charge in [-0.25, -0.2) is 18.7 Å². The normalized spacial score (nSPS) is 14.8. The quantitative estimate of drug-likeness (QED) is 0.575. The van der Waals surface area contributed by atoms with Gasteiger partial charge in [0.15, 0.2) is 17.4 Å². The predicted molar refractivity (Wildman–Crippen MR) is 118 cm³/mol. The molecule has 0 atom stereocenters. The summed E-state index contributed by atoms with van der Waals surface area (Å²) in [4.78, 5) is 38.8. The first-order chi connectivity index (χ1) is 15.9. The minimum atomic E-state index is -1.07. The first kappa shape index (κ1) is 22.6. The monoisotopic (exact) mass is 451 g/mol. The number of pyridine rings is 1. The maximum Gasteiger partial charge on any atom is 0.221 e. The summed E-state index contributed by atoms with van der Waals surface area (Å²) >= 11 is 0. The van der Waals surface area contributed by atoms with Crippen LogP contribution in [0.5, 0.6) is 0 Å². The molecule has 0 spiro atoms. The first-order valence-electron chi connectivity index (χ1n) is 10.6. The molecule has 1 aliphatic rings. The zero-order valence-corrected chi connectivity index (χ0v) is 18.1. The van der Waals surface area contributed by atoms with Crippen molar-refractivity contribution in [2.45, 2.75) is 32.2 Å². The molecule has 7 nitrogen and oxygen atoms in total. The fraction of sp³-hybridized carbons (Fsp3) is 0.292. The van der Waals surface area contributed by atoms with Gasteiger partial charge < -0.3 is 5.32 Å². The van der Waals surface area contributed by atoms with E-state index in [4.69, 9.17) is 0 Å². The Morgan fingerprint density at radius 3 is 2.39 bits per heavy atom. The number of carbonyl (C=O) groups is 2. The van der Waals surface area contributed by atoms with Crippen LogP contribution in [0, 0.1) is 11.6 Å². The summed E-state index contributed by atoms with van der Waals surface area (Å²) in [6.45, 7) is 3.73. The van der Waals surface area contributed by atoms with Crippen LogP contribution in [0.3, 0.4) is 0 Å². The van der Waals surface area contributed by atoms with E-state index in [0.717, 1.165) is 43.6 Å². The highest BCUT2D eigenvalue weighted by Gasteiger charge is 2.22. The Labute approximate surface area is 189 Å². The maximum absolute atomic E-state index is 13.4. The Kier molecular flexibility index (Phi) is 6.79. The molecule has 0 aliphatic carbocycles. The number of anilines is 1. The maximum atomic E-state index is 13.4. The number of benzene rings is 1. The van der Waals surface area contributed by atoms with Crippen LogP contribution in [0.25, 0.3) is 0 Å². The summed E-state index contributed by atoms with van der Waals surface area (Å²) in [5.41, 5.74) is 2.07. The van der Waals surface area contributed by atoms with E-state index in [1.54, 1.807) is 6.20 Å². The van der Waals surface area contributed by atoms with Crippen molar-refractivity contribution in [1.82, 2.24) is 19.9 Å². The van der Waals surface area contributed by atoms with Crippen molar-refractivity contribution in [3.63, 3.8) is 0 Å². The van der Waals surface area contributed by atoms with Gasteiger partial charge in [0.25, 0.3) is 0 Å². The number of likely N-dealkylation sites (tertiary alicyclic amines) is 1. The highest BCUT2D eigenvalue weighted by molar-refractivity contribution is 6.08. The highest BCUT2D eigenvalue weighted by Crippen LogP contribution is 2.29. The number of ketones is 1. The molecule has 0 unspecified atom stereocenters. The lowest BCUT2D eigenvalue weighted by molar-refractivity contribution is -0.114. The molecule has 2 aromatic heterocycles. The van der Waals surface area contributed by atoms with E-state index in [-0.39, 0.29) is 17.0 Å². The summed E-state index contributed by atoms with van der Waals surface area (Å²) in [7, 11) is 0. The summed E-state index contributed by atoms with van der Waals surface area (Å²) in [6, 6.07) is 5.01. The van der Waals surface area contributed by atoms with Crippen LogP contribution in [-0.2, 0) is 11.3 Å². The number of hydrogen-bond donors (Lipinski definition) is 1. The van der Waals surface area contributed by atoms with Crippen molar-refractivity contribution in [2.24, 2.45) is 0 Å². The molecule has 0 bridgehead atoms.